The molecule has 0 heterocycles. The number of rotatable bonds is 7. The lowest BCUT2D eigenvalue weighted by atomic mass is 9.95. The first-order valence-electron chi connectivity index (χ1n) is 6.80. The summed E-state index contributed by atoms with van der Waals surface area (Å²) in [6.07, 6.45) is -0.189. The van der Waals surface area contributed by atoms with Crippen LogP contribution in [0.2, 0.25) is 0 Å². The van der Waals surface area contributed by atoms with E-state index in [1.807, 2.05) is 0 Å². The van der Waals surface area contributed by atoms with Gasteiger partial charge in [0.15, 0.2) is 11.6 Å². The molecule has 118 valence electrons. The predicted octanol–water partition coefficient (Wildman–Crippen LogP) is 2.66. The summed E-state index contributed by atoms with van der Waals surface area (Å²) in [4.78, 5) is 11.9. The number of benzene rings is 1. The van der Waals surface area contributed by atoms with Crippen molar-refractivity contribution in [1.82, 2.24) is 5.32 Å². The highest BCUT2D eigenvalue weighted by Crippen LogP contribution is 2.22. The van der Waals surface area contributed by atoms with E-state index in [-0.39, 0.29) is 18.8 Å². The average molecular weight is 301 g/mol. The zero-order valence-electron chi connectivity index (χ0n) is 12.7. The van der Waals surface area contributed by atoms with Gasteiger partial charge >= 0.3 is 5.97 Å². The Morgan fingerprint density at radius 1 is 1.43 bits per heavy atom. The van der Waals surface area contributed by atoms with Crippen LogP contribution >= 0.6 is 0 Å². The molecule has 0 aromatic heterocycles. The zero-order chi connectivity index (χ0) is 16.0. The van der Waals surface area contributed by atoms with E-state index in [1.54, 1.807) is 27.8 Å². The van der Waals surface area contributed by atoms with Gasteiger partial charge in [-0.15, -0.1) is 0 Å². The average Bonchev–Trinajstić information content (AvgIpc) is 2.42. The fourth-order valence-corrected chi connectivity index (χ4v) is 1.98. The molecular formula is C15H21F2NO3. The maximum atomic E-state index is 13.5. The van der Waals surface area contributed by atoms with Crippen LogP contribution < -0.4 is 10.1 Å². The number of hydrogen-bond donors (Lipinski definition) is 1. The van der Waals surface area contributed by atoms with Gasteiger partial charge in [0.05, 0.1) is 12.7 Å². The van der Waals surface area contributed by atoms with Crippen LogP contribution in [0.5, 0.6) is 5.75 Å². The first kappa shape index (κ1) is 17.4. The van der Waals surface area contributed by atoms with Crippen LogP contribution in [-0.4, -0.2) is 31.3 Å². The summed E-state index contributed by atoms with van der Waals surface area (Å²) < 4.78 is 36.8. The lowest BCUT2D eigenvalue weighted by molar-refractivity contribution is -0.151. The minimum atomic E-state index is -0.939. The normalized spacial score (nSPS) is 15.1. The van der Waals surface area contributed by atoms with Crippen LogP contribution in [0.4, 0.5) is 8.78 Å². The van der Waals surface area contributed by atoms with Crippen molar-refractivity contribution in [3.63, 3.8) is 0 Å². The first-order chi connectivity index (χ1) is 9.82. The maximum Gasteiger partial charge on any atom is 0.326 e. The largest absolute Gasteiger partial charge is 0.488 e. The molecule has 0 fully saturated rings. The topological polar surface area (TPSA) is 47.6 Å². The monoisotopic (exact) mass is 301 g/mol. The van der Waals surface area contributed by atoms with E-state index in [0.717, 1.165) is 12.1 Å². The number of carbonyl (C=O) groups is 1. The molecular weight excluding hydrogens is 280 g/mol. The molecule has 1 aromatic carbocycles. The summed E-state index contributed by atoms with van der Waals surface area (Å²) in [5.74, 6) is -1.89. The van der Waals surface area contributed by atoms with Gasteiger partial charge in [0.25, 0.3) is 0 Å². The van der Waals surface area contributed by atoms with Crippen molar-refractivity contribution >= 4 is 5.97 Å². The molecule has 0 saturated heterocycles. The summed E-state index contributed by atoms with van der Waals surface area (Å²) in [6, 6.07) is 3.10. The minimum absolute atomic E-state index is 0.0498. The van der Waals surface area contributed by atoms with Gasteiger partial charge in [-0.25, -0.2) is 8.78 Å². The molecule has 0 aliphatic rings. The predicted molar refractivity (Wildman–Crippen MR) is 75.2 cm³/mol. The summed E-state index contributed by atoms with van der Waals surface area (Å²) in [7, 11) is 1.64. The second-order valence-corrected chi connectivity index (χ2v) is 5.01. The molecule has 6 heteroatoms. The number of nitrogens with one attached hydrogen (secondary N) is 1. The third kappa shape index (κ3) is 4.67. The van der Waals surface area contributed by atoms with E-state index in [1.165, 1.54) is 6.07 Å². The van der Waals surface area contributed by atoms with Crippen molar-refractivity contribution < 1.29 is 23.0 Å². The van der Waals surface area contributed by atoms with E-state index in [4.69, 9.17) is 9.47 Å². The van der Waals surface area contributed by atoms with Gasteiger partial charge in [-0.05, 0) is 40.0 Å². The number of likely N-dealkylation sites (N-methyl/N-ethyl adjacent to an activating group) is 1. The van der Waals surface area contributed by atoms with Crippen LogP contribution in [0.25, 0.3) is 0 Å². The van der Waals surface area contributed by atoms with E-state index >= 15 is 0 Å². The van der Waals surface area contributed by atoms with Gasteiger partial charge in [0.1, 0.15) is 11.4 Å². The second-order valence-electron chi connectivity index (χ2n) is 5.01. The van der Waals surface area contributed by atoms with E-state index < -0.39 is 29.2 Å². The summed E-state index contributed by atoms with van der Waals surface area (Å²) in [5, 5.41) is 2.90. The van der Waals surface area contributed by atoms with E-state index in [2.05, 4.69) is 5.32 Å². The third-order valence-electron chi connectivity index (χ3n) is 3.20. The van der Waals surface area contributed by atoms with Crippen molar-refractivity contribution in [2.45, 2.75) is 38.8 Å². The number of ether oxygens (including phenoxy) is 2. The Morgan fingerprint density at radius 3 is 2.62 bits per heavy atom. The van der Waals surface area contributed by atoms with Crippen molar-refractivity contribution in [1.29, 1.82) is 0 Å². The van der Waals surface area contributed by atoms with Crippen LogP contribution in [0, 0.1) is 11.6 Å². The molecule has 2 unspecified atom stereocenters. The first-order valence-corrected chi connectivity index (χ1v) is 6.80. The summed E-state index contributed by atoms with van der Waals surface area (Å²) >= 11 is 0. The summed E-state index contributed by atoms with van der Waals surface area (Å²) in [6.45, 7) is 5.39. The Balaban J connectivity index is 2.74. The number of carbonyl (C=O) groups excluding carboxylic acids is 1. The maximum absolute atomic E-state index is 13.5. The molecule has 2 atom stereocenters. The Hall–Kier alpha value is -1.69. The van der Waals surface area contributed by atoms with Crippen LogP contribution in [0.3, 0.4) is 0 Å². The fraction of sp³-hybridized carbons (Fsp3) is 0.533. The lowest BCUT2D eigenvalue weighted by Crippen LogP contribution is -2.51. The molecule has 1 rings (SSSR count). The Morgan fingerprint density at radius 2 is 2.10 bits per heavy atom. The lowest BCUT2D eigenvalue weighted by Gasteiger charge is -2.29. The Kier molecular flexibility index (Phi) is 6.08. The van der Waals surface area contributed by atoms with E-state index in [9.17, 15) is 13.6 Å². The molecule has 0 aliphatic heterocycles. The molecule has 0 radical (unpaired) electrons. The third-order valence-corrected chi connectivity index (χ3v) is 3.20. The highest BCUT2D eigenvalue weighted by Gasteiger charge is 2.35. The fourth-order valence-electron chi connectivity index (χ4n) is 1.98. The van der Waals surface area contributed by atoms with Crippen molar-refractivity contribution in [3.8, 4) is 5.75 Å². The van der Waals surface area contributed by atoms with Crippen LogP contribution in [-0.2, 0) is 9.53 Å². The standard InChI is InChI=1S/C15H21F2NO3/c1-5-20-14(19)15(3,18-4)9-10(2)21-13-7-6-11(16)8-12(13)17/h6-8,10,18H,5,9H2,1-4H3. The number of halogens is 2. The van der Waals surface area contributed by atoms with Gasteiger partial charge in [-0.2, -0.15) is 0 Å². The molecule has 0 saturated carbocycles. The molecule has 1 aromatic rings. The zero-order valence-corrected chi connectivity index (χ0v) is 12.7. The molecule has 0 aliphatic carbocycles. The Labute approximate surface area is 123 Å². The highest BCUT2D eigenvalue weighted by molar-refractivity contribution is 5.80. The van der Waals surface area contributed by atoms with Gasteiger partial charge in [0, 0.05) is 12.5 Å². The number of esters is 1. The van der Waals surface area contributed by atoms with Crippen LogP contribution in [0.1, 0.15) is 27.2 Å². The smallest absolute Gasteiger partial charge is 0.326 e. The van der Waals surface area contributed by atoms with Gasteiger partial charge in [-0.3, -0.25) is 4.79 Å². The van der Waals surface area contributed by atoms with Gasteiger partial charge in [0.2, 0.25) is 0 Å². The Bertz CT molecular complexity index is 496. The second kappa shape index (κ2) is 7.36. The number of hydrogen-bond acceptors (Lipinski definition) is 4. The molecule has 0 spiro atoms. The summed E-state index contributed by atoms with van der Waals surface area (Å²) in [5.41, 5.74) is -0.939. The van der Waals surface area contributed by atoms with Crippen LogP contribution in [0.15, 0.2) is 18.2 Å². The van der Waals surface area contributed by atoms with Crippen molar-refractivity contribution in [2.75, 3.05) is 13.7 Å². The van der Waals surface area contributed by atoms with Gasteiger partial charge in [-0.1, -0.05) is 0 Å². The van der Waals surface area contributed by atoms with E-state index in [0.29, 0.717) is 0 Å². The molecule has 0 amide bonds. The minimum Gasteiger partial charge on any atom is -0.488 e. The molecule has 0 bridgehead atoms. The van der Waals surface area contributed by atoms with Crippen molar-refractivity contribution in [3.05, 3.63) is 29.8 Å². The highest BCUT2D eigenvalue weighted by atomic mass is 19.1. The molecule has 1 N–H and O–H groups in total. The quantitative estimate of drug-likeness (QED) is 0.787. The molecule has 4 nitrogen and oxygen atoms in total. The molecule has 21 heavy (non-hydrogen) atoms. The van der Waals surface area contributed by atoms with Gasteiger partial charge < -0.3 is 14.8 Å². The van der Waals surface area contributed by atoms with Crippen molar-refractivity contribution in [2.24, 2.45) is 0 Å². The SMILES string of the molecule is CCOC(=O)C(C)(CC(C)Oc1ccc(F)cc1F)NC.